The van der Waals surface area contributed by atoms with E-state index < -0.39 is 5.91 Å². The summed E-state index contributed by atoms with van der Waals surface area (Å²) in [6.07, 6.45) is 0. The summed E-state index contributed by atoms with van der Waals surface area (Å²) in [4.78, 5) is 16.5. The lowest BCUT2D eigenvalue weighted by Crippen LogP contribution is -2.43. The van der Waals surface area contributed by atoms with Crippen molar-refractivity contribution in [3.8, 4) is 0 Å². The normalized spacial score (nSPS) is 12.1. The highest BCUT2D eigenvalue weighted by molar-refractivity contribution is 9.10. The molecule has 8 heteroatoms. The molecule has 1 aromatic heterocycles. The Hall–Kier alpha value is -1.93. The first-order valence-corrected chi connectivity index (χ1v) is 9.67. The molecular formula is C18H23BrN4O2S. The lowest BCUT2D eigenvalue weighted by molar-refractivity contribution is 0.0972. The number of halogens is 1. The highest BCUT2D eigenvalue weighted by atomic mass is 79.9. The smallest absolute Gasteiger partial charge is 0.284 e. The van der Waals surface area contributed by atoms with E-state index in [1.165, 1.54) is 4.90 Å². The van der Waals surface area contributed by atoms with Crippen LogP contribution in [-0.2, 0) is 6.54 Å². The van der Waals surface area contributed by atoms with Crippen molar-refractivity contribution in [3.05, 3.63) is 52.4 Å². The van der Waals surface area contributed by atoms with E-state index in [-0.39, 0.29) is 10.5 Å². The van der Waals surface area contributed by atoms with Crippen LogP contribution >= 0.6 is 27.7 Å². The first kappa shape index (κ1) is 20.4. The van der Waals surface area contributed by atoms with E-state index in [4.69, 9.17) is 10.2 Å². The Bertz CT molecular complexity index is 772. The van der Waals surface area contributed by atoms with Crippen molar-refractivity contribution >= 4 is 39.6 Å². The molecule has 0 saturated carbocycles. The molecule has 2 aromatic rings. The van der Waals surface area contributed by atoms with Crippen molar-refractivity contribution in [2.24, 2.45) is 10.7 Å². The van der Waals surface area contributed by atoms with Gasteiger partial charge in [-0.3, -0.25) is 9.79 Å². The number of aliphatic imine (C=N–C) groups is 1. The van der Waals surface area contributed by atoms with Crippen LogP contribution in [0.4, 0.5) is 0 Å². The van der Waals surface area contributed by atoms with Gasteiger partial charge in [0.25, 0.3) is 5.91 Å². The molecule has 0 bridgehead atoms. The molecule has 0 radical (unpaired) electrons. The number of nitrogens with zero attached hydrogens (tertiary/aromatic N) is 1. The van der Waals surface area contributed by atoms with Crippen molar-refractivity contribution in [2.45, 2.75) is 30.0 Å². The molecule has 0 atom stereocenters. The van der Waals surface area contributed by atoms with Crippen molar-refractivity contribution in [1.29, 1.82) is 0 Å². The van der Waals surface area contributed by atoms with Crippen molar-refractivity contribution in [3.63, 3.8) is 0 Å². The topological polar surface area (TPSA) is 92.6 Å². The fraction of sp³-hybridized carbons (Fsp3) is 0.333. The van der Waals surface area contributed by atoms with Gasteiger partial charge in [0.05, 0.1) is 6.54 Å². The molecule has 4 N–H and O–H groups in total. The van der Waals surface area contributed by atoms with Crippen LogP contribution in [-0.4, -0.2) is 30.2 Å². The van der Waals surface area contributed by atoms with Crippen LogP contribution < -0.4 is 16.4 Å². The van der Waals surface area contributed by atoms with Gasteiger partial charge < -0.3 is 20.8 Å². The summed E-state index contributed by atoms with van der Waals surface area (Å²) in [6.45, 7) is 5.47. The molecule has 2 rings (SSSR count). The summed E-state index contributed by atoms with van der Waals surface area (Å²) in [5, 5.41) is 6.48. The van der Waals surface area contributed by atoms with Crippen molar-refractivity contribution in [2.75, 3.05) is 13.6 Å². The number of benzene rings is 1. The van der Waals surface area contributed by atoms with Crippen LogP contribution in [0.1, 0.15) is 30.2 Å². The average molecular weight is 439 g/mol. The number of carbonyl (C=O) groups is 1. The summed E-state index contributed by atoms with van der Waals surface area (Å²) in [5.41, 5.74) is 5.18. The van der Waals surface area contributed by atoms with E-state index in [0.29, 0.717) is 18.3 Å². The van der Waals surface area contributed by atoms with Gasteiger partial charge in [0.1, 0.15) is 5.76 Å². The predicted octanol–water partition coefficient (Wildman–Crippen LogP) is 3.38. The number of hydrogen-bond donors (Lipinski definition) is 3. The maximum Gasteiger partial charge on any atom is 0.284 e. The molecule has 0 aliphatic rings. The number of nitrogens with two attached hydrogens (primary N) is 1. The van der Waals surface area contributed by atoms with Gasteiger partial charge in [-0.25, -0.2) is 0 Å². The second kappa shape index (κ2) is 9.14. The highest BCUT2D eigenvalue weighted by Gasteiger charge is 2.20. The Morgan fingerprint density at radius 3 is 2.50 bits per heavy atom. The fourth-order valence-electron chi connectivity index (χ4n) is 2.15. The average Bonchev–Trinajstić information content (AvgIpc) is 3.06. The SMILES string of the molecule is CN=C(NCc1ccc(C(N)=O)o1)NCC(C)(C)Sc1ccc(Br)cc1. The molecular weight excluding hydrogens is 416 g/mol. The maximum atomic E-state index is 11.1. The minimum absolute atomic E-state index is 0.0325. The van der Waals surface area contributed by atoms with Crippen LogP contribution in [0, 0.1) is 0 Å². The van der Waals surface area contributed by atoms with Crippen LogP contribution in [0.25, 0.3) is 0 Å². The van der Waals surface area contributed by atoms with Crippen LogP contribution in [0.15, 0.2) is 55.2 Å². The molecule has 0 spiro atoms. The molecule has 26 heavy (non-hydrogen) atoms. The molecule has 0 aliphatic heterocycles. The number of rotatable bonds is 7. The Balaban J connectivity index is 1.84. The molecule has 1 heterocycles. The summed E-state index contributed by atoms with van der Waals surface area (Å²) in [7, 11) is 1.71. The third-order valence-corrected chi connectivity index (χ3v) is 5.18. The zero-order valence-corrected chi connectivity index (χ0v) is 17.4. The zero-order valence-electron chi connectivity index (χ0n) is 15.0. The molecule has 0 aliphatic carbocycles. The van der Waals surface area contributed by atoms with Gasteiger partial charge in [-0.15, -0.1) is 11.8 Å². The van der Waals surface area contributed by atoms with Gasteiger partial charge in [0.15, 0.2) is 11.7 Å². The quantitative estimate of drug-likeness (QED) is 0.350. The molecule has 6 nitrogen and oxygen atoms in total. The summed E-state index contributed by atoms with van der Waals surface area (Å²) >= 11 is 5.24. The zero-order chi connectivity index (χ0) is 19.2. The first-order valence-electron chi connectivity index (χ1n) is 8.07. The molecule has 1 amide bonds. The number of furan rings is 1. The molecule has 0 fully saturated rings. The third-order valence-electron chi connectivity index (χ3n) is 3.45. The van der Waals surface area contributed by atoms with Crippen molar-refractivity contribution in [1.82, 2.24) is 10.6 Å². The van der Waals surface area contributed by atoms with E-state index in [1.807, 2.05) is 12.1 Å². The van der Waals surface area contributed by atoms with Crippen molar-refractivity contribution < 1.29 is 9.21 Å². The highest BCUT2D eigenvalue weighted by Crippen LogP contribution is 2.32. The fourth-order valence-corrected chi connectivity index (χ4v) is 3.47. The van der Waals surface area contributed by atoms with E-state index in [1.54, 1.807) is 30.9 Å². The van der Waals surface area contributed by atoms with E-state index >= 15 is 0 Å². The maximum absolute atomic E-state index is 11.1. The van der Waals surface area contributed by atoms with Crippen LogP contribution in [0.5, 0.6) is 0 Å². The molecule has 1 aromatic carbocycles. The van der Waals surface area contributed by atoms with Crippen LogP contribution in [0.3, 0.4) is 0 Å². The predicted molar refractivity (Wildman–Crippen MR) is 110 cm³/mol. The summed E-state index contributed by atoms with van der Waals surface area (Å²) in [5.74, 6) is 0.846. The number of amides is 1. The Kier molecular flexibility index (Phi) is 7.16. The third kappa shape index (κ3) is 6.42. The number of nitrogens with one attached hydrogen (secondary N) is 2. The number of guanidine groups is 1. The van der Waals surface area contributed by atoms with Gasteiger partial charge >= 0.3 is 0 Å². The molecule has 0 saturated heterocycles. The molecule has 140 valence electrons. The van der Waals surface area contributed by atoms with Gasteiger partial charge in [-0.2, -0.15) is 0 Å². The standard InChI is InChI=1S/C18H23BrN4O2S/c1-18(2,26-14-7-4-12(19)5-8-14)11-23-17(21-3)22-10-13-6-9-15(25-13)16(20)24/h4-9H,10-11H2,1-3H3,(H2,20,24)(H2,21,22,23). The summed E-state index contributed by atoms with van der Waals surface area (Å²) < 4.78 is 6.38. The number of hydrogen-bond acceptors (Lipinski definition) is 4. The number of thioether (sulfide) groups is 1. The lowest BCUT2D eigenvalue weighted by Gasteiger charge is -2.25. The monoisotopic (exact) mass is 438 g/mol. The second-order valence-corrected chi connectivity index (χ2v) is 8.92. The van der Waals surface area contributed by atoms with Crippen LogP contribution in [0.2, 0.25) is 0 Å². The first-order chi connectivity index (χ1) is 12.3. The van der Waals surface area contributed by atoms with Gasteiger partial charge in [0, 0.05) is 27.7 Å². The van der Waals surface area contributed by atoms with E-state index in [2.05, 4.69) is 57.5 Å². The number of primary amides is 1. The minimum atomic E-state index is -0.578. The lowest BCUT2D eigenvalue weighted by atomic mass is 10.2. The Labute approximate surface area is 166 Å². The second-order valence-electron chi connectivity index (χ2n) is 6.23. The Morgan fingerprint density at radius 1 is 1.23 bits per heavy atom. The van der Waals surface area contributed by atoms with Gasteiger partial charge in [-0.05, 0) is 50.2 Å². The van der Waals surface area contributed by atoms with Gasteiger partial charge in [-0.1, -0.05) is 15.9 Å². The van der Waals surface area contributed by atoms with Gasteiger partial charge in [0.2, 0.25) is 0 Å². The summed E-state index contributed by atoms with van der Waals surface area (Å²) in [6, 6.07) is 11.5. The van der Waals surface area contributed by atoms with E-state index in [0.717, 1.165) is 11.0 Å². The van der Waals surface area contributed by atoms with E-state index in [9.17, 15) is 4.79 Å². The Morgan fingerprint density at radius 2 is 1.92 bits per heavy atom. The number of carbonyl (C=O) groups excluding carboxylic acids is 1. The molecule has 0 unspecified atom stereocenters. The largest absolute Gasteiger partial charge is 0.454 e. The minimum Gasteiger partial charge on any atom is -0.454 e.